The third kappa shape index (κ3) is 5.00. The van der Waals surface area contributed by atoms with Crippen molar-refractivity contribution in [3.8, 4) is 5.69 Å². The summed E-state index contributed by atoms with van der Waals surface area (Å²) in [5.74, 6) is -0.167. The molecule has 6 nitrogen and oxygen atoms in total. The van der Waals surface area contributed by atoms with Gasteiger partial charge in [-0.05, 0) is 52.2 Å². The largest absolute Gasteiger partial charge is 0.460 e. The molecule has 0 fully saturated rings. The number of nitrogen functional groups attached to an aromatic ring is 1. The van der Waals surface area contributed by atoms with E-state index < -0.39 is 5.60 Å². The Balaban J connectivity index is 1.93. The number of nitrogens with zero attached hydrogens (tertiary/aromatic N) is 2. The number of aromatic nitrogens is 2. The van der Waals surface area contributed by atoms with E-state index >= 15 is 0 Å². The summed E-state index contributed by atoms with van der Waals surface area (Å²) in [5.41, 5.74) is 7.33. The molecule has 26 heavy (non-hydrogen) atoms. The molecule has 0 saturated carbocycles. The zero-order valence-corrected chi connectivity index (χ0v) is 16.1. The van der Waals surface area contributed by atoms with E-state index in [0.29, 0.717) is 18.5 Å². The van der Waals surface area contributed by atoms with Crippen molar-refractivity contribution in [2.24, 2.45) is 7.05 Å². The fraction of sp³-hybridized carbons (Fsp3) is 0.500. The highest BCUT2D eigenvalue weighted by Gasteiger charge is 2.17. The molecule has 6 heteroatoms. The Kier molecular flexibility index (Phi) is 6.29. The number of benzene rings is 1. The summed E-state index contributed by atoms with van der Waals surface area (Å²) >= 11 is 0. The Morgan fingerprint density at radius 3 is 2.38 bits per heavy atom. The van der Waals surface area contributed by atoms with Crippen LogP contribution in [0.25, 0.3) is 5.69 Å². The van der Waals surface area contributed by atoms with Crippen molar-refractivity contribution < 1.29 is 9.53 Å². The van der Waals surface area contributed by atoms with Crippen LogP contribution in [-0.4, -0.2) is 20.9 Å². The zero-order valence-electron chi connectivity index (χ0n) is 16.1. The van der Waals surface area contributed by atoms with Crippen LogP contribution in [0.1, 0.15) is 52.1 Å². The van der Waals surface area contributed by atoms with Crippen LogP contribution in [0.2, 0.25) is 0 Å². The van der Waals surface area contributed by atoms with Crippen LogP contribution >= 0.6 is 0 Å². The van der Waals surface area contributed by atoms with Gasteiger partial charge in [0.1, 0.15) is 11.3 Å². The lowest BCUT2D eigenvalue weighted by Gasteiger charge is -2.19. The van der Waals surface area contributed by atoms with E-state index in [1.54, 1.807) is 4.68 Å². The van der Waals surface area contributed by atoms with Crippen LogP contribution in [0.3, 0.4) is 0 Å². The lowest BCUT2D eigenvalue weighted by Crippen LogP contribution is -2.23. The van der Waals surface area contributed by atoms with Crippen molar-refractivity contribution in [1.82, 2.24) is 9.36 Å². The molecule has 0 atom stereocenters. The molecule has 1 aromatic carbocycles. The van der Waals surface area contributed by atoms with Gasteiger partial charge in [0.25, 0.3) is 5.56 Å². The van der Waals surface area contributed by atoms with Gasteiger partial charge in [0, 0.05) is 13.5 Å². The van der Waals surface area contributed by atoms with Gasteiger partial charge in [-0.2, -0.15) is 0 Å². The van der Waals surface area contributed by atoms with Crippen LogP contribution < -0.4 is 11.3 Å². The predicted octanol–water partition coefficient (Wildman–Crippen LogP) is 3.20. The molecule has 2 rings (SSSR count). The molecule has 0 radical (unpaired) electrons. The van der Waals surface area contributed by atoms with E-state index in [4.69, 9.17) is 10.5 Å². The fourth-order valence-electron chi connectivity index (χ4n) is 2.96. The standard InChI is InChI=1S/C20H29N3O3/c1-20(2,3)26-17(24)14-10-6-9-13-16-18(21)19(25)23(22(16)4)15-11-7-5-8-12-15/h5,7-8,11-12H,6,9-10,13-14,21H2,1-4H3. The molecule has 142 valence electrons. The molecule has 0 amide bonds. The minimum absolute atomic E-state index is 0.167. The Labute approximate surface area is 154 Å². The number of ether oxygens (including phenoxy) is 1. The SMILES string of the molecule is Cn1c(CCCCCC(=O)OC(C)(C)C)c(N)c(=O)n1-c1ccccc1. The van der Waals surface area contributed by atoms with Gasteiger partial charge in [-0.1, -0.05) is 24.6 Å². The molecular weight excluding hydrogens is 330 g/mol. The average molecular weight is 359 g/mol. The highest BCUT2D eigenvalue weighted by Crippen LogP contribution is 2.16. The van der Waals surface area contributed by atoms with Gasteiger partial charge in [0.2, 0.25) is 0 Å². The van der Waals surface area contributed by atoms with Crippen LogP contribution in [0, 0.1) is 0 Å². The summed E-state index contributed by atoms with van der Waals surface area (Å²) in [6.45, 7) is 5.60. The second-order valence-electron chi connectivity index (χ2n) is 7.48. The number of anilines is 1. The van der Waals surface area contributed by atoms with Gasteiger partial charge in [0.15, 0.2) is 0 Å². The Hall–Kier alpha value is -2.50. The number of esters is 1. The second kappa shape index (κ2) is 8.25. The number of para-hydroxylation sites is 1. The predicted molar refractivity (Wildman–Crippen MR) is 103 cm³/mol. The van der Waals surface area contributed by atoms with Crippen molar-refractivity contribution in [2.45, 2.75) is 58.5 Å². The van der Waals surface area contributed by atoms with Crippen LogP contribution in [0.4, 0.5) is 5.69 Å². The van der Waals surface area contributed by atoms with Crippen molar-refractivity contribution >= 4 is 11.7 Å². The maximum Gasteiger partial charge on any atom is 0.306 e. The Bertz CT molecular complexity index is 798. The summed E-state index contributed by atoms with van der Waals surface area (Å²) in [7, 11) is 1.85. The van der Waals surface area contributed by atoms with E-state index in [9.17, 15) is 9.59 Å². The molecule has 0 spiro atoms. The molecule has 0 aliphatic rings. The summed E-state index contributed by atoms with van der Waals surface area (Å²) in [6.07, 6.45) is 3.62. The first-order valence-electron chi connectivity index (χ1n) is 9.04. The van der Waals surface area contributed by atoms with E-state index in [2.05, 4.69) is 0 Å². The lowest BCUT2D eigenvalue weighted by molar-refractivity contribution is -0.154. The summed E-state index contributed by atoms with van der Waals surface area (Å²) < 4.78 is 8.71. The van der Waals surface area contributed by atoms with Gasteiger partial charge in [-0.25, -0.2) is 4.68 Å². The molecule has 1 aromatic heterocycles. The smallest absolute Gasteiger partial charge is 0.306 e. The molecule has 0 aliphatic carbocycles. The van der Waals surface area contributed by atoms with E-state index in [1.807, 2.05) is 62.8 Å². The topological polar surface area (TPSA) is 79.2 Å². The average Bonchev–Trinajstić information content (AvgIpc) is 2.77. The monoisotopic (exact) mass is 359 g/mol. The molecule has 0 aliphatic heterocycles. The molecular formula is C20H29N3O3. The third-order valence-corrected chi connectivity index (χ3v) is 4.14. The minimum Gasteiger partial charge on any atom is -0.460 e. The summed E-state index contributed by atoms with van der Waals surface area (Å²) in [5, 5.41) is 0. The molecule has 0 bridgehead atoms. The van der Waals surface area contributed by atoms with E-state index in [0.717, 1.165) is 30.6 Å². The summed E-state index contributed by atoms with van der Waals surface area (Å²) in [6, 6.07) is 9.45. The maximum absolute atomic E-state index is 12.5. The first-order chi connectivity index (χ1) is 12.2. The zero-order chi connectivity index (χ0) is 19.3. The van der Waals surface area contributed by atoms with Crippen LogP contribution in [-0.2, 0) is 23.0 Å². The molecule has 2 N–H and O–H groups in total. The highest BCUT2D eigenvalue weighted by atomic mass is 16.6. The Morgan fingerprint density at radius 1 is 1.12 bits per heavy atom. The second-order valence-corrected chi connectivity index (χ2v) is 7.48. The van der Waals surface area contributed by atoms with Gasteiger partial charge in [-0.3, -0.25) is 14.3 Å². The maximum atomic E-state index is 12.5. The van der Waals surface area contributed by atoms with Crippen molar-refractivity contribution in [3.05, 3.63) is 46.4 Å². The number of hydrogen-bond donors (Lipinski definition) is 1. The quantitative estimate of drug-likeness (QED) is 0.608. The molecule has 0 unspecified atom stereocenters. The van der Waals surface area contributed by atoms with E-state index in [1.165, 1.54) is 0 Å². The molecule has 1 heterocycles. The first kappa shape index (κ1) is 19.8. The minimum atomic E-state index is -0.440. The number of rotatable bonds is 7. The number of hydrogen-bond acceptors (Lipinski definition) is 4. The molecule has 2 aromatic rings. The summed E-state index contributed by atoms with van der Waals surface area (Å²) in [4.78, 5) is 24.2. The van der Waals surface area contributed by atoms with Gasteiger partial charge in [0.05, 0.1) is 11.4 Å². The van der Waals surface area contributed by atoms with Gasteiger partial charge >= 0.3 is 5.97 Å². The molecule has 0 saturated heterocycles. The van der Waals surface area contributed by atoms with E-state index in [-0.39, 0.29) is 11.5 Å². The number of carbonyl (C=O) groups is 1. The first-order valence-corrected chi connectivity index (χ1v) is 9.04. The van der Waals surface area contributed by atoms with Crippen molar-refractivity contribution in [1.29, 1.82) is 0 Å². The van der Waals surface area contributed by atoms with Crippen LogP contribution in [0.5, 0.6) is 0 Å². The van der Waals surface area contributed by atoms with Crippen LogP contribution in [0.15, 0.2) is 35.1 Å². The fourth-order valence-corrected chi connectivity index (χ4v) is 2.96. The number of carbonyl (C=O) groups excluding carboxylic acids is 1. The lowest BCUT2D eigenvalue weighted by atomic mass is 10.1. The highest BCUT2D eigenvalue weighted by molar-refractivity contribution is 5.69. The number of unbranched alkanes of at least 4 members (excludes halogenated alkanes) is 2. The normalized spacial score (nSPS) is 11.5. The number of nitrogens with two attached hydrogens (primary N) is 1. The van der Waals surface area contributed by atoms with Crippen molar-refractivity contribution in [2.75, 3.05) is 5.73 Å². The van der Waals surface area contributed by atoms with Gasteiger partial charge in [-0.15, -0.1) is 0 Å². The Morgan fingerprint density at radius 2 is 1.77 bits per heavy atom. The van der Waals surface area contributed by atoms with Gasteiger partial charge < -0.3 is 10.5 Å². The third-order valence-electron chi connectivity index (χ3n) is 4.14. The van der Waals surface area contributed by atoms with Crippen molar-refractivity contribution in [3.63, 3.8) is 0 Å².